The number of hydrogen-bond donors (Lipinski definition) is 1. The van der Waals surface area contributed by atoms with E-state index in [0.717, 1.165) is 29.7 Å². The molecule has 0 aliphatic heterocycles. The average molecular weight is 465 g/mol. The fourth-order valence-corrected chi connectivity index (χ4v) is 3.80. The highest BCUT2D eigenvalue weighted by atomic mass is 19.3. The first-order valence-electron chi connectivity index (χ1n) is 10.7. The first-order valence-corrected chi connectivity index (χ1v) is 10.7. The summed E-state index contributed by atoms with van der Waals surface area (Å²) < 4.78 is 38.4. The fraction of sp³-hybridized carbons (Fsp3) is 0.250. The van der Waals surface area contributed by atoms with Crippen LogP contribution in [-0.4, -0.2) is 45.3 Å². The van der Waals surface area contributed by atoms with Gasteiger partial charge in [-0.05, 0) is 55.7 Å². The lowest BCUT2D eigenvalue weighted by Gasteiger charge is -2.16. The Balaban J connectivity index is 1.58. The second-order valence-electron chi connectivity index (χ2n) is 8.05. The molecular weight excluding hydrogens is 444 g/mol. The minimum atomic E-state index is -3.10. The van der Waals surface area contributed by atoms with Crippen LogP contribution in [0.4, 0.5) is 8.78 Å². The first kappa shape index (κ1) is 21.7. The molecule has 1 saturated carbocycles. The number of pyridine rings is 1. The molecule has 3 heterocycles. The van der Waals surface area contributed by atoms with Crippen LogP contribution in [0.15, 0.2) is 48.9 Å². The number of aryl methyl sites for hydroxylation is 1. The van der Waals surface area contributed by atoms with Gasteiger partial charge in [0.25, 0.3) is 5.91 Å². The summed E-state index contributed by atoms with van der Waals surface area (Å²) in [7, 11) is 1.38. The molecule has 3 aromatic heterocycles. The predicted octanol–water partition coefficient (Wildman–Crippen LogP) is 4.27. The van der Waals surface area contributed by atoms with E-state index < -0.39 is 12.5 Å². The molecule has 1 fully saturated rings. The Bertz CT molecular complexity index is 1380. The number of hydrogen-bond acceptors (Lipinski definition) is 6. The number of alkyl halides is 2. The molecular formula is C24H21F2N5O3. The number of aromatic nitrogens is 4. The Labute approximate surface area is 193 Å². The molecule has 0 bridgehead atoms. The number of ether oxygens (including phenoxy) is 2. The summed E-state index contributed by atoms with van der Waals surface area (Å²) >= 11 is 0. The molecule has 1 aliphatic rings. The van der Waals surface area contributed by atoms with Crippen LogP contribution in [0.1, 0.15) is 28.9 Å². The smallest absolute Gasteiger partial charge is 0.387 e. The van der Waals surface area contributed by atoms with E-state index in [1.807, 2.05) is 35.7 Å². The molecule has 4 aromatic rings. The van der Waals surface area contributed by atoms with Crippen molar-refractivity contribution in [2.45, 2.75) is 32.4 Å². The quantitative estimate of drug-likeness (QED) is 0.438. The first-order chi connectivity index (χ1) is 16.4. The topological polar surface area (TPSA) is 90.6 Å². The molecule has 34 heavy (non-hydrogen) atoms. The number of imidazole rings is 1. The summed E-state index contributed by atoms with van der Waals surface area (Å²) in [6.07, 6.45) is 6.84. The molecule has 1 aliphatic carbocycles. The van der Waals surface area contributed by atoms with Gasteiger partial charge in [0.15, 0.2) is 0 Å². The van der Waals surface area contributed by atoms with Crippen LogP contribution in [0.5, 0.6) is 11.5 Å². The molecule has 8 nitrogen and oxygen atoms in total. The number of rotatable bonds is 7. The second kappa shape index (κ2) is 8.69. The van der Waals surface area contributed by atoms with E-state index in [1.54, 1.807) is 18.5 Å². The largest absolute Gasteiger partial charge is 0.496 e. The van der Waals surface area contributed by atoms with Crippen LogP contribution in [0.2, 0.25) is 0 Å². The Morgan fingerprint density at radius 2 is 1.91 bits per heavy atom. The molecule has 0 saturated heterocycles. The summed E-state index contributed by atoms with van der Waals surface area (Å²) in [5, 5.41) is 10.8. The number of halogens is 2. The highest BCUT2D eigenvalue weighted by molar-refractivity contribution is 6.01. The van der Waals surface area contributed by atoms with E-state index in [9.17, 15) is 13.6 Å². The van der Waals surface area contributed by atoms with Crippen molar-refractivity contribution in [2.24, 2.45) is 0 Å². The molecule has 174 valence electrons. The lowest BCUT2D eigenvalue weighted by molar-refractivity contribution is -0.0502. The van der Waals surface area contributed by atoms with Crippen molar-refractivity contribution in [1.29, 1.82) is 0 Å². The Hall–Kier alpha value is -4.08. The van der Waals surface area contributed by atoms with Crippen molar-refractivity contribution in [2.75, 3.05) is 7.11 Å². The maximum absolute atomic E-state index is 13.2. The van der Waals surface area contributed by atoms with Crippen LogP contribution in [0.3, 0.4) is 0 Å². The van der Waals surface area contributed by atoms with Crippen LogP contribution in [0, 0.1) is 6.92 Å². The van der Waals surface area contributed by atoms with Gasteiger partial charge >= 0.3 is 6.61 Å². The SMILES string of the molecule is COc1cc(-c2cnc3cc(-c4cnnc(C)c4)ccn23)cc(OC(F)F)c1C(=O)NC1CC1. The number of nitrogens with one attached hydrogen (secondary N) is 1. The molecule has 0 unspecified atom stereocenters. The molecule has 1 amide bonds. The summed E-state index contributed by atoms with van der Waals surface area (Å²) in [4.78, 5) is 17.2. The van der Waals surface area contributed by atoms with Crippen molar-refractivity contribution < 1.29 is 23.0 Å². The number of methoxy groups -OCH3 is 1. The minimum Gasteiger partial charge on any atom is -0.496 e. The van der Waals surface area contributed by atoms with Crippen LogP contribution < -0.4 is 14.8 Å². The average Bonchev–Trinajstić information content (AvgIpc) is 3.52. The zero-order valence-corrected chi connectivity index (χ0v) is 18.5. The van der Waals surface area contributed by atoms with E-state index in [1.165, 1.54) is 13.2 Å². The third kappa shape index (κ3) is 4.26. The monoisotopic (exact) mass is 465 g/mol. The second-order valence-corrected chi connectivity index (χ2v) is 8.05. The molecule has 1 N–H and O–H groups in total. The Morgan fingerprint density at radius 3 is 2.62 bits per heavy atom. The maximum Gasteiger partial charge on any atom is 0.387 e. The highest BCUT2D eigenvalue weighted by Crippen LogP contribution is 2.37. The molecule has 0 spiro atoms. The van der Waals surface area contributed by atoms with E-state index in [0.29, 0.717) is 16.9 Å². The maximum atomic E-state index is 13.2. The number of carbonyl (C=O) groups excluding carboxylic acids is 1. The third-order valence-corrected chi connectivity index (χ3v) is 5.56. The molecule has 0 radical (unpaired) electrons. The fourth-order valence-electron chi connectivity index (χ4n) is 3.80. The number of fused-ring (bicyclic) bond motifs is 1. The van der Waals surface area contributed by atoms with Crippen molar-refractivity contribution in [3.05, 3.63) is 60.2 Å². The van der Waals surface area contributed by atoms with Gasteiger partial charge in [-0.15, -0.1) is 0 Å². The van der Waals surface area contributed by atoms with Crippen molar-refractivity contribution in [1.82, 2.24) is 24.9 Å². The van der Waals surface area contributed by atoms with Gasteiger partial charge in [0.05, 0.1) is 30.9 Å². The Kier molecular flexibility index (Phi) is 5.56. The van der Waals surface area contributed by atoms with Gasteiger partial charge in [-0.3, -0.25) is 9.20 Å². The summed E-state index contributed by atoms with van der Waals surface area (Å²) in [6.45, 7) is -1.24. The van der Waals surface area contributed by atoms with Gasteiger partial charge in [-0.1, -0.05) is 0 Å². The zero-order valence-electron chi connectivity index (χ0n) is 18.5. The molecule has 10 heteroatoms. The number of benzene rings is 1. The molecule has 1 aromatic carbocycles. The molecule has 5 rings (SSSR count). The van der Waals surface area contributed by atoms with Crippen molar-refractivity contribution in [3.8, 4) is 33.9 Å². The summed E-state index contributed by atoms with van der Waals surface area (Å²) in [5.74, 6) is -0.630. The molecule has 0 atom stereocenters. The normalized spacial score (nSPS) is 13.3. The van der Waals surface area contributed by atoms with Gasteiger partial charge in [0.1, 0.15) is 22.7 Å². The van der Waals surface area contributed by atoms with E-state index in [4.69, 9.17) is 9.47 Å². The summed E-state index contributed by atoms with van der Waals surface area (Å²) in [5.41, 5.74) is 4.33. The number of nitrogens with zero attached hydrogens (tertiary/aromatic N) is 4. The van der Waals surface area contributed by atoms with Gasteiger partial charge in [-0.25, -0.2) is 4.98 Å². The van der Waals surface area contributed by atoms with Gasteiger partial charge < -0.3 is 14.8 Å². The number of carbonyl (C=O) groups is 1. The van der Waals surface area contributed by atoms with Gasteiger partial charge in [0.2, 0.25) is 0 Å². The van der Waals surface area contributed by atoms with Gasteiger partial charge in [-0.2, -0.15) is 19.0 Å². The standard InChI is InChI=1S/C24H21F2N5O3/c1-13-7-16(11-28-30-13)14-5-6-31-18(12-27-21(31)10-14)15-8-19(33-2)22(20(9-15)34-24(25)26)23(32)29-17-3-4-17/h5-12,17,24H,3-4H2,1-2H3,(H,29,32). The summed E-state index contributed by atoms with van der Waals surface area (Å²) in [6, 6.07) is 8.79. The van der Waals surface area contributed by atoms with Crippen LogP contribution in [-0.2, 0) is 0 Å². The van der Waals surface area contributed by atoms with Crippen LogP contribution in [0.25, 0.3) is 28.0 Å². The van der Waals surface area contributed by atoms with Crippen LogP contribution >= 0.6 is 0 Å². The Morgan fingerprint density at radius 1 is 1.12 bits per heavy atom. The minimum absolute atomic E-state index is 0.0450. The van der Waals surface area contributed by atoms with E-state index in [2.05, 4.69) is 20.5 Å². The third-order valence-electron chi connectivity index (χ3n) is 5.56. The van der Waals surface area contributed by atoms with Gasteiger partial charge in [0, 0.05) is 23.4 Å². The highest BCUT2D eigenvalue weighted by Gasteiger charge is 2.29. The van der Waals surface area contributed by atoms with Crippen molar-refractivity contribution >= 4 is 11.6 Å². The number of amides is 1. The van der Waals surface area contributed by atoms with Crippen molar-refractivity contribution in [3.63, 3.8) is 0 Å². The lowest BCUT2D eigenvalue weighted by Crippen LogP contribution is -2.26. The van der Waals surface area contributed by atoms with E-state index in [-0.39, 0.29) is 23.1 Å². The lowest BCUT2D eigenvalue weighted by atomic mass is 10.1. The zero-order chi connectivity index (χ0) is 23.8. The van der Waals surface area contributed by atoms with E-state index >= 15 is 0 Å². The predicted molar refractivity (Wildman–Crippen MR) is 120 cm³/mol.